The highest BCUT2D eigenvalue weighted by molar-refractivity contribution is 7.89. The molecule has 0 saturated heterocycles. The molecule has 2 aromatic heterocycles. The number of pyridine rings is 1. The Hall–Kier alpha value is -2.62. The second-order valence-electron chi connectivity index (χ2n) is 5.29. The minimum Gasteiger partial charge on any atom is -0.302 e. The van der Waals surface area contributed by atoms with Crippen molar-refractivity contribution in [2.75, 3.05) is 11.9 Å². The Kier molecular flexibility index (Phi) is 5.71. The molecule has 1 amide bonds. The normalized spacial score (nSPS) is 11.2. The SMILES string of the molecule is O=C(CCNS(=O)(=O)c1ccccc1)Nc1nc(-c2cccnc2)cs1. The van der Waals surface area contributed by atoms with E-state index in [1.807, 2.05) is 17.5 Å². The molecule has 0 spiro atoms. The average molecular weight is 388 g/mol. The van der Waals surface area contributed by atoms with Crippen LogP contribution in [-0.4, -0.2) is 30.8 Å². The summed E-state index contributed by atoms with van der Waals surface area (Å²) in [5.74, 6) is -0.312. The zero-order valence-corrected chi connectivity index (χ0v) is 15.3. The quantitative estimate of drug-likeness (QED) is 0.648. The van der Waals surface area contributed by atoms with Crippen molar-refractivity contribution >= 4 is 32.4 Å². The number of carbonyl (C=O) groups is 1. The number of benzene rings is 1. The van der Waals surface area contributed by atoms with Gasteiger partial charge in [0, 0.05) is 36.3 Å². The van der Waals surface area contributed by atoms with Crippen LogP contribution in [0.25, 0.3) is 11.3 Å². The number of nitrogens with one attached hydrogen (secondary N) is 2. The molecule has 2 heterocycles. The van der Waals surface area contributed by atoms with Crippen LogP contribution in [0.1, 0.15) is 6.42 Å². The fraction of sp³-hybridized carbons (Fsp3) is 0.118. The molecule has 0 unspecified atom stereocenters. The first kappa shape index (κ1) is 18.2. The zero-order valence-electron chi connectivity index (χ0n) is 13.6. The Labute approximate surface area is 155 Å². The molecule has 0 aliphatic carbocycles. The Balaban J connectivity index is 1.51. The standard InChI is InChI=1S/C17H16N4O3S2/c22-16(8-10-19-26(23,24)14-6-2-1-3-7-14)21-17-20-15(12-25-17)13-5-4-9-18-11-13/h1-7,9,11-12,19H,8,10H2,(H,20,21,22). The second-order valence-corrected chi connectivity index (χ2v) is 7.91. The van der Waals surface area contributed by atoms with Gasteiger partial charge in [0.05, 0.1) is 10.6 Å². The number of sulfonamides is 1. The topological polar surface area (TPSA) is 101 Å². The smallest absolute Gasteiger partial charge is 0.240 e. The van der Waals surface area contributed by atoms with Crippen molar-refractivity contribution in [1.29, 1.82) is 0 Å². The molecule has 0 bridgehead atoms. The lowest BCUT2D eigenvalue weighted by Gasteiger charge is -2.06. The lowest BCUT2D eigenvalue weighted by atomic mass is 10.2. The number of hydrogen-bond acceptors (Lipinski definition) is 6. The first-order chi connectivity index (χ1) is 12.5. The number of rotatable bonds is 7. The Bertz CT molecular complexity index is 974. The molecule has 3 aromatic rings. The lowest BCUT2D eigenvalue weighted by molar-refractivity contribution is -0.116. The molecule has 3 rings (SSSR count). The number of hydrogen-bond donors (Lipinski definition) is 2. The molecule has 9 heteroatoms. The van der Waals surface area contributed by atoms with Crippen molar-refractivity contribution in [2.45, 2.75) is 11.3 Å². The van der Waals surface area contributed by atoms with Crippen molar-refractivity contribution in [3.8, 4) is 11.3 Å². The summed E-state index contributed by atoms with van der Waals surface area (Å²) in [4.78, 5) is 20.5. The predicted octanol–water partition coefficient (Wildman–Crippen LogP) is 2.51. The number of thiazole rings is 1. The van der Waals surface area contributed by atoms with E-state index in [1.54, 1.807) is 30.6 Å². The van der Waals surface area contributed by atoms with E-state index in [1.165, 1.54) is 23.5 Å². The maximum absolute atomic E-state index is 12.1. The number of nitrogens with zero attached hydrogens (tertiary/aromatic N) is 2. The molecule has 0 fully saturated rings. The molecule has 1 aromatic carbocycles. The van der Waals surface area contributed by atoms with Crippen molar-refractivity contribution in [1.82, 2.24) is 14.7 Å². The van der Waals surface area contributed by atoms with Gasteiger partial charge in [0.15, 0.2) is 5.13 Å². The van der Waals surface area contributed by atoms with Gasteiger partial charge in [-0.2, -0.15) is 0 Å². The largest absolute Gasteiger partial charge is 0.302 e. The highest BCUT2D eigenvalue weighted by Gasteiger charge is 2.14. The van der Waals surface area contributed by atoms with Crippen LogP contribution in [0.5, 0.6) is 0 Å². The van der Waals surface area contributed by atoms with Crippen molar-refractivity contribution in [3.05, 3.63) is 60.2 Å². The summed E-state index contributed by atoms with van der Waals surface area (Å²) in [6.07, 6.45) is 3.38. The molecule has 0 aliphatic heterocycles. The van der Waals surface area contributed by atoms with Crippen LogP contribution in [0.4, 0.5) is 5.13 Å². The first-order valence-corrected chi connectivity index (χ1v) is 10.1. The molecule has 0 radical (unpaired) electrons. The van der Waals surface area contributed by atoms with E-state index < -0.39 is 10.0 Å². The molecule has 0 atom stereocenters. The summed E-state index contributed by atoms with van der Waals surface area (Å²) >= 11 is 1.30. The van der Waals surface area contributed by atoms with Gasteiger partial charge < -0.3 is 5.32 Å². The maximum atomic E-state index is 12.1. The van der Waals surface area contributed by atoms with E-state index in [-0.39, 0.29) is 23.8 Å². The van der Waals surface area contributed by atoms with Gasteiger partial charge in [0.2, 0.25) is 15.9 Å². The number of carbonyl (C=O) groups excluding carboxylic acids is 1. The highest BCUT2D eigenvalue weighted by atomic mass is 32.2. The number of anilines is 1. The van der Waals surface area contributed by atoms with Gasteiger partial charge in [-0.15, -0.1) is 11.3 Å². The molecule has 2 N–H and O–H groups in total. The molecular formula is C17H16N4O3S2. The third-order valence-electron chi connectivity index (χ3n) is 3.41. The van der Waals surface area contributed by atoms with Gasteiger partial charge >= 0.3 is 0 Å². The van der Waals surface area contributed by atoms with Crippen molar-refractivity contribution in [3.63, 3.8) is 0 Å². The van der Waals surface area contributed by atoms with E-state index in [0.29, 0.717) is 5.13 Å². The van der Waals surface area contributed by atoms with Crippen LogP contribution in [-0.2, 0) is 14.8 Å². The van der Waals surface area contributed by atoms with E-state index in [4.69, 9.17) is 0 Å². The van der Waals surface area contributed by atoms with Gasteiger partial charge in [-0.3, -0.25) is 9.78 Å². The third-order valence-corrected chi connectivity index (χ3v) is 5.64. The van der Waals surface area contributed by atoms with Crippen LogP contribution < -0.4 is 10.0 Å². The maximum Gasteiger partial charge on any atom is 0.240 e. The van der Waals surface area contributed by atoms with E-state index in [9.17, 15) is 13.2 Å². The molecule has 0 saturated carbocycles. The van der Waals surface area contributed by atoms with Crippen LogP contribution >= 0.6 is 11.3 Å². The second kappa shape index (κ2) is 8.17. The van der Waals surface area contributed by atoms with Crippen LogP contribution in [0.3, 0.4) is 0 Å². The Morgan fingerprint density at radius 1 is 1.12 bits per heavy atom. The summed E-state index contributed by atoms with van der Waals surface area (Å²) in [6, 6.07) is 11.7. The van der Waals surface area contributed by atoms with Gasteiger partial charge in [-0.05, 0) is 24.3 Å². The fourth-order valence-electron chi connectivity index (χ4n) is 2.14. The summed E-state index contributed by atoms with van der Waals surface area (Å²) in [5, 5.41) is 4.95. The molecule has 134 valence electrons. The van der Waals surface area contributed by atoms with E-state index >= 15 is 0 Å². The predicted molar refractivity (Wildman–Crippen MR) is 100 cm³/mol. The monoisotopic (exact) mass is 388 g/mol. The Morgan fingerprint density at radius 3 is 2.65 bits per heavy atom. The van der Waals surface area contributed by atoms with Gasteiger partial charge in [-0.1, -0.05) is 18.2 Å². The lowest BCUT2D eigenvalue weighted by Crippen LogP contribution is -2.27. The summed E-state index contributed by atoms with van der Waals surface area (Å²) < 4.78 is 26.6. The summed E-state index contributed by atoms with van der Waals surface area (Å²) in [7, 11) is -3.61. The van der Waals surface area contributed by atoms with Crippen LogP contribution in [0.2, 0.25) is 0 Å². The minimum absolute atomic E-state index is 0.00387. The number of amides is 1. The average Bonchev–Trinajstić information content (AvgIpc) is 3.11. The summed E-state index contributed by atoms with van der Waals surface area (Å²) in [5.41, 5.74) is 1.59. The van der Waals surface area contributed by atoms with Crippen molar-refractivity contribution < 1.29 is 13.2 Å². The van der Waals surface area contributed by atoms with Gasteiger partial charge in [0.25, 0.3) is 0 Å². The molecule has 7 nitrogen and oxygen atoms in total. The Morgan fingerprint density at radius 2 is 1.92 bits per heavy atom. The number of aromatic nitrogens is 2. The fourth-order valence-corrected chi connectivity index (χ4v) is 3.93. The molecular weight excluding hydrogens is 372 g/mol. The van der Waals surface area contributed by atoms with E-state index in [0.717, 1.165) is 11.3 Å². The van der Waals surface area contributed by atoms with Gasteiger partial charge in [-0.25, -0.2) is 18.1 Å². The van der Waals surface area contributed by atoms with Crippen LogP contribution in [0.15, 0.2) is 65.1 Å². The minimum atomic E-state index is -3.61. The van der Waals surface area contributed by atoms with E-state index in [2.05, 4.69) is 20.0 Å². The zero-order chi connectivity index (χ0) is 18.4. The third kappa shape index (κ3) is 4.72. The molecule has 0 aliphatic rings. The van der Waals surface area contributed by atoms with Crippen molar-refractivity contribution in [2.24, 2.45) is 0 Å². The summed E-state index contributed by atoms with van der Waals surface area (Å²) in [6.45, 7) is 0.00387. The first-order valence-electron chi connectivity index (χ1n) is 7.75. The van der Waals surface area contributed by atoms with Gasteiger partial charge in [0.1, 0.15) is 0 Å². The van der Waals surface area contributed by atoms with Crippen LogP contribution in [0, 0.1) is 0 Å². The molecule has 26 heavy (non-hydrogen) atoms. The highest BCUT2D eigenvalue weighted by Crippen LogP contribution is 2.24.